The van der Waals surface area contributed by atoms with Gasteiger partial charge in [0, 0.05) is 17.3 Å². The van der Waals surface area contributed by atoms with Crippen LogP contribution in [0.5, 0.6) is 0 Å². The lowest BCUT2D eigenvalue weighted by Gasteiger charge is -2.20. The number of halogens is 1. The molecule has 0 amide bonds. The molecule has 0 saturated heterocycles. The lowest BCUT2D eigenvalue weighted by Crippen LogP contribution is -2.45. The Labute approximate surface area is 198 Å². The molecule has 4 rings (SSSR count). The monoisotopic (exact) mass is 483 g/mol. The molecule has 0 aliphatic heterocycles. The van der Waals surface area contributed by atoms with E-state index in [2.05, 4.69) is 25.9 Å². The summed E-state index contributed by atoms with van der Waals surface area (Å²) >= 11 is 1.36. The summed E-state index contributed by atoms with van der Waals surface area (Å²) in [4.78, 5) is 16.5. The van der Waals surface area contributed by atoms with Gasteiger partial charge in [-0.15, -0.1) is 0 Å². The maximum Gasteiger partial charge on any atom is 0.328 e. The van der Waals surface area contributed by atoms with Crippen molar-refractivity contribution >= 4 is 44.2 Å². The molecule has 34 heavy (non-hydrogen) atoms. The van der Waals surface area contributed by atoms with Crippen molar-refractivity contribution in [3.63, 3.8) is 0 Å². The number of nitrogens with zero attached hydrogens (tertiary/aromatic N) is 3. The van der Waals surface area contributed by atoms with Crippen LogP contribution < -0.4 is 10.6 Å². The van der Waals surface area contributed by atoms with Gasteiger partial charge >= 0.3 is 5.97 Å². The van der Waals surface area contributed by atoms with E-state index in [-0.39, 0.29) is 23.3 Å². The minimum absolute atomic E-state index is 0.0339. The van der Waals surface area contributed by atoms with Crippen molar-refractivity contribution in [2.45, 2.75) is 19.9 Å². The minimum Gasteiger partial charge on any atom is -0.467 e. The zero-order chi connectivity index (χ0) is 24.2. The first-order valence-corrected chi connectivity index (χ1v) is 11.2. The Balaban J connectivity index is 1.48. The van der Waals surface area contributed by atoms with Crippen LogP contribution in [0.15, 0.2) is 58.2 Å². The number of oxime groups is 1. The lowest BCUT2D eigenvalue weighted by molar-refractivity contribution is -0.143. The number of hydrogen-bond donors (Lipinski definition) is 3. The average molecular weight is 484 g/mol. The van der Waals surface area contributed by atoms with Crippen molar-refractivity contribution in [3.8, 4) is 11.3 Å². The predicted octanol–water partition coefficient (Wildman–Crippen LogP) is 4.76. The SMILES string of the molecule is COC(=O)[C@@H](N/C(=N\O)c1cc(-c2ccc(Nc3nc4ccc(F)cc4s3)cc2)no1)C(C)C. The van der Waals surface area contributed by atoms with Crippen molar-refractivity contribution in [3.05, 3.63) is 60.1 Å². The van der Waals surface area contributed by atoms with Gasteiger partial charge in [0.2, 0.25) is 11.6 Å². The average Bonchev–Trinajstić information content (AvgIpc) is 3.46. The zero-order valence-electron chi connectivity index (χ0n) is 18.6. The number of methoxy groups -OCH3 is 1. The van der Waals surface area contributed by atoms with E-state index in [1.807, 2.05) is 38.1 Å². The molecule has 0 aliphatic rings. The van der Waals surface area contributed by atoms with Crippen LogP contribution in [0.2, 0.25) is 0 Å². The van der Waals surface area contributed by atoms with Gasteiger partial charge in [0.15, 0.2) is 5.13 Å². The van der Waals surface area contributed by atoms with Crippen LogP contribution in [0, 0.1) is 11.7 Å². The molecule has 0 saturated carbocycles. The third-order valence-corrected chi connectivity index (χ3v) is 5.97. The van der Waals surface area contributed by atoms with Crippen LogP contribution in [0.1, 0.15) is 19.6 Å². The first kappa shape index (κ1) is 23.2. The summed E-state index contributed by atoms with van der Waals surface area (Å²) in [5.74, 6) is -0.781. The van der Waals surface area contributed by atoms with Crippen LogP contribution in [0.4, 0.5) is 15.2 Å². The number of ether oxygens (including phenoxy) is 1. The van der Waals surface area contributed by atoms with E-state index in [4.69, 9.17) is 9.26 Å². The Kier molecular flexibility index (Phi) is 6.73. The molecule has 0 unspecified atom stereocenters. The van der Waals surface area contributed by atoms with E-state index < -0.39 is 12.0 Å². The van der Waals surface area contributed by atoms with Gasteiger partial charge in [-0.25, -0.2) is 14.2 Å². The van der Waals surface area contributed by atoms with Crippen molar-refractivity contribution in [1.29, 1.82) is 0 Å². The molecule has 0 bridgehead atoms. The third-order valence-electron chi connectivity index (χ3n) is 5.04. The van der Waals surface area contributed by atoms with E-state index >= 15 is 0 Å². The number of esters is 1. The van der Waals surface area contributed by atoms with E-state index in [9.17, 15) is 14.4 Å². The topological polar surface area (TPSA) is 122 Å². The van der Waals surface area contributed by atoms with Crippen LogP contribution in [0.3, 0.4) is 0 Å². The fourth-order valence-corrected chi connectivity index (χ4v) is 4.15. The van der Waals surface area contributed by atoms with Crippen molar-refractivity contribution in [2.75, 3.05) is 12.4 Å². The summed E-state index contributed by atoms with van der Waals surface area (Å²) < 4.78 is 24.3. The highest BCUT2D eigenvalue weighted by atomic mass is 32.1. The molecule has 4 aromatic rings. The van der Waals surface area contributed by atoms with E-state index in [0.29, 0.717) is 10.8 Å². The largest absolute Gasteiger partial charge is 0.467 e. The van der Waals surface area contributed by atoms with Gasteiger partial charge in [-0.05, 0) is 36.2 Å². The fraction of sp³-hybridized carbons (Fsp3) is 0.217. The Morgan fingerprint density at radius 2 is 1.97 bits per heavy atom. The number of hydrogen-bond acceptors (Lipinski definition) is 9. The normalized spacial score (nSPS) is 12.7. The van der Waals surface area contributed by atoms with Gasteiger partial charge < -0.3 is 25.1 Å². The van der Waals surface area contributed by atoms with Gasteiger partial charge in [0.25, 0.3) is 0 Å². The standard InChI is InChI=1S/C23H22FN5O4S/c1-12(2)20(22(30)32-3)27-21(28-31)18-11-17(29-33-18)13-4-7-15(8-5-13)25-23-26-16-9-6-14(24)10-19(16)34-23/h4-12,20,31H,1-3H3,(H,25,26)(H,27,28)/t20-/m0/s1. The van der Waals surface area contributed by atoms with Gasteiger partial charge in [0.05, 0.1) is 17.3 Å². The second-order valence-corrected chi connectivity index (χ2v) is 8.78. The molecular weight excluding hydrogens is 461 g/mol. The number of aromatic nitrogens is 2. The molecule has 3 N–H and O–H groups in total. The van der Waals surface area contributed by atoms with E-state index in [0.717, 1.165) is 21.5 Å². The Hall–Kier alpha value is -3.99. The molecule has 0 aliphatic carbocycles. The molecule has 176 valence electrons. The Bertz CT molecular complexity index is 1330. The quantitative estimate of drug-likeness (QED) is 0.113. The number of thiazole rings is 1. The Morgan fingerprint density at radius 1 is 1.21 bits per heavy atom. The van der Waals surface area contributed by atoms with Crippen molar-refractivity contribution < 1.29 is 23.7 Å². The summed E-state index contributed by atoms with van der Waals surface area (Å²) in [5.41, 5.74) is 2.79. The molecule has 9 nitrogen and oxygen atoms in total. The number of anilines is 2. The highest BCUT2D eigenvalue weighted by molar-refractivity contribution is 7.22. The maximum atomic E-state index is 13.4. The van der Waals surface area contributed by atoms with E-state index in [1.54, 1.807) is 12.1 Å². The Morgan fingerprint density at radius 3 is 2.65 bits per heavy atom. The zero-order valence-corrected chi connectivity index (χ0v) is 19.4. The first-order chi connectivity index (χ1) is 16.4. The van der Waals surface area contributed by atoms with Crippen LogP contribution in [0.25, 0.3) is 21.5 Å². The second kappa shape index (κ2) is 9.87. The highest BCUT2D eigenvalue weighted by Crippen LogP contribution is 2.30. The number of fused-ring (bicyclic) bond motifs is 1. The molecule has 2 aromatic heterocycles. The third kappa shape index (κ3) is 4.99. The number of rotatable bonds is 7. The molecule has 0 spiro atoms. The van der Waals surface area contributed by atoms with Crippen LogP contribution in [-0.2, 0) is 9.53 Å². The number of amidine groups is 1. The molecule has 2 heterocycles. The number of carbonyl (C=O) groups excluding carboxylic acids is 1. The minimum atomic E-state index is -0.728. The lowest BCUT2D eigenvalue weighted by atomic mass is 10.0. The van der Waals surface area contributed by atoms with Crippen LogP contribution in [-0.4, -0.2) is 40.3 Å². The van der Waals surface area contributed by atoms with Gasteiger partial charge in [-0.2, -0.15) is 0 Å². The fourth-order valence-electron chi connectivity index (χ4n) is 3.24. The molecule has 2 aromatic carbocycles. The molecule has 1 atom stereocenters. The molecule has 0 fully saturated rings. The van der Waals surface area contributed by atoms with Crippen LogP contribution >= 0.6 is 11.3 Å². The van der Waals surface area contributed by atoms with Crippen molar-refractivity contribution in [1.82, 2.24) is 15.5 Å². The number of carbonyl (C=O) groups is 1. The van der Waals surface area contributed by atoms with Gasteiger partial charge in [0.1, 0.15) is 17.6 Å². The van der Waals surface area contributed by atoms with Gasteiger partial charge in [-0.3, -0.25) is 0 Å². The maximum absolute atomic E-state index is 13.4. The van der Waals surface area contributed by atoms with E-state index in [1.165, 1.54) is 30.6 Å². The summed E-state index contributed by atoms with van der Waals surface area (Å²) in [7, 11) is 1.29. The highest BCUT2D eigenvalue weighted by Gasteiger charge is 2.26. The second-order valence-electron chi connectivity index (χ2n) is 7.75. The summed E-state index contributed by atoms with van der Waals surface area (Å²) in [5, 5.41) is 23.4. The summed E-state index contributed by atoms with van der Waals surface area (Å²) in [6.07, 6.45) is 0. The first-order valence-electron chi connectivity index (χ1n) is 10.3. The summed E-state index contributed by atoms with van der Waals surface area (Å²) in [6.45, 7) is 3.66. The molecule has 11 heteroatoms. The number of benzene rings is 2. The smallest absolute Gasteiger partial charge is 0.328 e. The van der Waals surface area contributed by atoms with Crippen molar-refractivity contribution in [2.24, 2.45) is 11.1 Å². The predicted molar refractivity (Wildman–Crippen MR) is 127 cm³/mol. The molecular formula is C23H22FN5O4S. The summed E-state index contributed by atoms with van der Waals surface area (Å²) in [6, 6.07) is 12.7. The number of nitrogens with one attached hydrogen (secondary N) is 2. The van der Waals surface area contributed by atoms with Gasteiger partial charge in [-0.1, -0.05) is 47.6 Å². The molecule has 0 radical (unpaired) electrons.